The minimum atomic E-state index is -0.974. The number of anilines is 1. The fourth-order valence-corrected chi connectivity index (χ4v) is 1.58. The molecule has 11 heavy (non-hydrogen) atoms. The summed E-state index contributed by atoms with van der Waals surface area (Å²) in [5.74, 6) is 0.436. The summed E-state index contributed by atoms with van der Waals surface area (Å²) < 4.78 is 0. The lowest BCUT2D eigenvalue weighted by Gasteiger charge is -2.21. The second-order valence-corrected chi connectivity index (χ2v) is 8.36. The lowest BCUT2D eigenvalue weighted by atomic mass is 10.7. The zero-order valence-corrected chi connectivity index (χ0v) is 8.25. The summed E-state index contributed by atoms with van der Waals surface area (Å²) in [4.78, 5) is 7.89. The van der Waals surface area contributed by atoms with Gasteiger partial charge in [0.25, 0.3) is 0 Å². The molecule has 62 valence electrons. The van der Waals surface area contributed by atoms with E-state index in [4.69, 9.17) is 5.73 Å². The van der Waals surface area contributed by atoms with E-state index in [1.807, 2.05) is 6.20 Å². The second kappa shape index (κ2) is 2.91. The van der Waals surface area contributed by atoms with Crippen molar-refractivity contribution in [1.82, 2.24) is 4.98 Å². The predicted octanol–water partition coefficient (Wildman–Crippen LogP) is 0.746. The molecular weight excluding hydrogens is 178 g/mol. The molecule has 0 saturated heterocycles. The third-order valence-corrected chi connectivity index (χ3v) is 3.28. The van der Waals surface area contributed by atoms with Crippen molar-refractivity contribution in [2.24, 2.45) is 0 Å². The Kier molecular flexibility index (Phi) is 2.29. The van der Waals surface area contributed by atoms with Crippen molar-refractivity contribution in [3.8, 4) is 0 Å². The average Bonchev–Trinajstić information content (AvgIpc) is 1.86. The molecule has 0 atom stereocenters. The van der Waals surface area contributed by atoms with Crippen molar-refractivity contribution in [3.63, 3.8) is 0 Å². The number of hydrogen-bond donors (Lipinski definition) is 2. The summed E-state index contributed by atoms with van der Waals surface area (Å²) in [5, 5.41) is 0. The van der Waals surface area contributed by atoms with E-state index in [2.05, 4.69) is 34.1 Å². The van der Waals surface area contributed by atoms with Crippen LogP contribution >= 0.6 is 20.7 Å². The molecule has 0 aliphatic rings. The van der Waals surface area contributed by atoms with Gasteiger partial charge in [0.1, 0.15) is 6.20 Å². The standard InChI is InChI=1S/C6H11N3S2/c1-11(2,10)5-3-8-6(7)9-4-5/h3-4,10H,1-2H3,(H2,7,8,9)/p+1. The van der Waals surface area contributed by atoms with Crippen LogP contribution in [0.25, 0.3) is 0 Å². The summed E-state index contributed by atoms with van der Waals surface area (Å²) in [7, 11) is -0.974. The van der Waals surface area contributed by atoms with Crippen LogP contribution in [0.3, 0.4) is 0 Å². The highest BCUT2D eigenvalue weighted by Crippen LogP contribution is 2.52. The lowest BCUT2D eigenvalue weighted by molar-refractivity contribution is -0.367. The Hall–Kier alpha value is -0.420. The van der Waals surface area contributed by atoms with Crippen LogP contribution < -0.4 is 10.7 Å². The summed E-state index contributed by atoms with van der Waals surface area (Å²) in [6.45, 7) is 0. The third kappa shape index (κ3) is 2.27. The number of rotatable bonds is 1. The summed E-state index contributed by atoms with van der Waals surface area (Å²) in [6, 6.07) is 0. The van der Waals surface area contributed by atoms with Crippen molar-refractivity contribution in [2.45, 2.75) is 4.90 Å². The molecule has 3 nitrogen and oxygen atoms in total. The third-order valence-electron chi connectivity index (χ3n) is 1.27. The van der Waals surface area contributed by atoms with Crippen LogP contribution in [0.15, 0.2) is 17.3 Å². The van der Waals surface area contributed by atoms with Crippen molar-refractivity contribution in [1.29, 1.82) is 0 Å². The molecule has 3 N–H and O–H groups in total. The van der Waals surface area contributed by atoms with Gasteiger partial charge in [-0.15, -0.1) is 11.7 Å². The molecule has 0 amide bonds. The Morgan fingerprint density at radius 2 is 2.27 bits per heavy atom. The van der Waals surface area contributed by atoms with Crippen LogP contribution in [0.4, 0.5) is 5.95 Å². The van der Waals surface area contributed by atoms with Crippen LogP contribution in [-0.2, 0) is 0 Å². The van der Waals surface area contributed by atoms with Crippen LogP contribution in [-0.4, -0.2) is 17.5 Å². The Bertz CT molecular complexity index is 239. The van der Waals surface area contributed by atoms with Crippen molar-refractivity contribution in [2.75, 3.05) is 18.2 Å². The molecule has 0 fully saturated rings. The van der Waals surface area contributed by atoms with Crippen molar-refractivity contribution >= 4 is 26.7 Å². The molecule has 0 spiro atoms. The van der Waals surface area contributed by atoms with Gasteiger partial charge >= 0.3 is 5.95 Å². The minimum Gasteiger partial charge on any atom is -0.287 e. The van der Waals surface area contributed by atoms with Crippen molar-refractivity contribution < 1.29 is 4.98 Å². The molecule has 1 heterocycles. The van der Waals surface area contributed by atoms with E-state index in [-0.39, 0.29) is 0 Å². The van der Waals surface area contributed by atoms with Gasteiger partial charge in [-0.05, 0) is 12.5 Å². The highest BCUT2D eigenvalue weighted by Gasteiger charge is 2.11. The maximum absolute atomic E-state index is 5.39. The van der Waals surface area contributed by atoms with Gasteiger partial charge in [-0.25, -0.2) is 4.98 Å². The number of nitrogens with two attached hydrogens (primary N) is 1. The normalized spacial score (nSPS) is 13.0. The Morgan fingerprint density at radius 3 is 2.64 bits per heavy atom. The molecule has 0 aliphatic carbocycles. The van der Waals surface area contributed by atoms with E-state index in [0.717, 1.165) is 4.90 Å². The highest BCUT2D eigenvalue weighted by atomic mass is 33.1. The minimum absolute atomic E-state index is 0.436. The second-order valence-electron chi connectivity index (χ2n) is 2.61. The number of aromatic nitrogens is 2. The Balaban J connectivity index is 2.99. The van der Waals surface area contributed by atoms with E-state index in [9.17, 15) is 0 Å². The first-order chi connectivity index (χ1) is 5.00. The van der Waals surface area contributed by atoms with E-state index in [1.54, 1.807) is 6.20 Å². The predicted molar refractivity (Wildman–Crippen MR) is 51.9 cm³/mol. The quantitative estimate of drug-likeness (QED) is 0.507. The number of hydrogen-bond acceptors (Lipinski definition) is 3. The molecule has 1 rings (SSSR count). The topological polar surface area (TPSA) is 53.0 Å². The van der Waals surface area contributed by atoms with Crippen LogP contribution in [0, 0.1) is 0 Å². The molecule has 0 radical (unpaired) electrons. The molecule has 0 bridgehead atoms. The van der Waals surface area contributed by atoms with Gasteiger partial charge in [-0.3, -0.25) is 5.73 Å². The number of nitrogens with zero attached hydrogens (tertiary/aromatic N) is 1. The smallest absolute Gasteiger partial charge is 0.287 e. The molecule has 5 heteroatoms. The van der Waals surface area contributed by atoms with Crippen molar-refractivity contribution in [3.05, 3.63) is 12.4 Å². The largest absolute Gasteiger partial charge is 0.386 e. The lowest BCUT2D eigenvalue weighted by Crippen LogP contribution is -2.12. The van der Waals surface area contributed by atoms with E-state index < -0.39 is 9.06 Å². The molecular formula is C6H12N3S2+. The molecule has 0 aromatic carbocycles. The molecule has 1 aromatic rings. The molecule has 0 unspecified atom stereocenters. The first kappa shape index (κ1) is 8.67. The zero-order valence-electron chi connectivity index (χ0n) is 6.53. The van der Waals surface area contributed by atoms with Gasteiger partial charge in [-0.2, -0.15) is 9.06 Å². The van der Waals surface area contributed by atoms with Gasteiger partial charge in [0.15, 0.2) is 0 Å². The van der Waals surface area contributed by atoms with Gasteiger partial charge in [0.05, 0.1) is 11.1 Å². The zero-order chi connectivity index (χ0) is 8.48. The van der Waals surface area contributed by atoms with Crippen LogP contribution in [0.5, 0.6) is 0 Å². The summed E-state index contributed by atoms with van der Waals surface area (Å²) >= 11 is 4.46. The summed E-state index contributed by atoms with van der Waals surface area (Å²) in [6.07, 6.45) is 7.77. The van der Waals surface area contributed by atoms with Gasteiger partial charge < -0.3 is 0 Å². The SMILES string of the molecule is CS(C)(S)c1cnc(N)[nH+]c1. The Labute approximate surface area is 72.6 Å². The monoisotopic (exact) mass is 190 g/mol. The van der Waals surface area contributed by atoms with E-state index >= 15 is 0 Å². The van der Waals surface area contributed by atoms with Crippen LogP contribution in [0.1, 0.15) is 0 Å². The first-order valence-electron chi connectivity index (χ1n) is 3.09. The first-order valence-corrected chi connectivity index (χ1v) is 6.59. The molecule has 0 saturated carbocycles. The van der Waals surface area contributed by atoms with E-state index in [1.165, 1.54) is 0 Å². The number of nitrogen functional groups attached to an aromatic ring is 1. The van der Waals surface area contributed by atoms with E-state index in [0.29, 0.717) is 5.95 Å². The molecule has 1 aromatic heterocycles. The Morgan fingerprint density at radius 1 is 1.64 bits per heavy atom. The maximum Gasteiger partial charge on any atom is 0.386 e. The number of thiol groups is 1. The van der Waals surface area contributed by atoms with Crippen LogP contribution in [0.2, 0.25) is 0 Å². The highest BCUT2D eigenvalue weighted by molar-refractivity contribution is 8.87. The average molecular weight is 190 g/mol. The summed E-state index contributed by atoms with van der Waals surface area (Å²) in [5.41, 5.74) is 5.39. The van der Waals surface area contributed by atoms with Gasteiger partial charge in [0.2, 0.25) is 0 Å². The number of aromatic amines is 1. The maximum atomic E-state index is 5.39. The fourth-order valence-electron chi connectivity index (χ4n) is 0.626. The van der Waals surface area contributed by atoms with Gasteiger partial charge in [-0.1, -0.05) is 4.98 Å². The number of H-pyrrole nitrogens is 1. The number of nitrogens with one attached hydrogen (secondary N) is 1. The van der Waals surface area contributed by atoms with Gasteiger partial charge in [0, 0.05) is 0 Å². The fraction of sp³-hybridized carbons (Fsp3) is 0.333. The molecule has 0 aliphatic heterocycles.